The number of nitrogens with zero attached hydrogens (tertiary/aromatic N) is 1. The van der Waals surface area contributed by atoms with Gasteiger partial charge in [-0.05, 0) is 30.3 Å². The first kappa shape index (κ1) is 14.2. The first-order chi connectivity index (χ1) is 9.58. The summed E-state index contributed by atoms with van der Waals surface area (Å²) in [6.07, 6.45) is 0. The Morgan fingerprint density at radius 2 is 1.95 bits per heavy atom. The second-order valence-electron chi connectivity index (χ2n) is 4.06. The lowest BCUT2D eigenvalue weighted by Crippen LogP contribution is -2.05. The molecule has 1 aromatic carbocycles. The molecule has 0 aliphatic carbocycles. The van der Waals surface area contributed by atoms with Gasteiger partial charge < -0.3 is 15.8 Å². The molecule has 20 heavy (non-hydrogen) atoms. The maximum Gasteiger partial charge on any atom is 0.221 e. The largest absolute Gasteiger partial charge is 0.481 e. The van der Waals surface area contributed by atoms with Gasteiger partial charge in [0.05, 0.1) is 12.8 Å². The molecular formula is C14H15N3O2S. The standard InChI is InChI=1S/C14H15N3O2S/c1-9(18)16-10-3-5-11(6-4-10)20-14-12(15)7-8-13(17-14)19-2/h3-8H,15H2,1-2H3,(H,16,18). The number of anilines is 2. The number of amides is 1. The number of hydrogen-bond acceptors (Lipinski definition) is 5. The first-order valence-electron chi connectivity index (χ1n) is 5.94. The maximum absolute atomic E-state index is 10.9. The molecule has 0 fully saturated rings. The van der Waals surface area contributed by atoms with Crippen molar-refractivity contribution in [3.8, 4) is 5.88 Å². The number of carbonyl (C=O) groups is 1. The zero-order chi connectivity index (χ0) is 14.5. The van der Waals surface area contributed by atoms with E-state index < -0.39 is 0 Å². The molecule has 0 radical (unpaired) electrons. The van der Waals surface area contributed by atoms with E-state index in [4.69, 9.17) is 10.5 Å². The first-order valence-corrected chi connectivity index (χ1v) is 6.76. The quantitative estimate of drug-likeness (QED) is 0.905. The van der Waals surface area contributed by atoms with E-state index in [1.807, 2.05) is 24.3 Å². The summed E-state index contributed by atoms with van der Waals surface area (Å²) in [6, 6.07) is 11.0. The average Bonchev–Trinajstić information content (AvgIpc) is 2.43. The van der Waals surface area contributed by atoms with Gasteiger partial charge in [0.2, 0.25) is 11.8 Å². The van der Waals surface area contributed by atoms with Crippen molar-refractivity contribution in [2.75, 3.05) is 18.2 Å². The van der Waals surface area contributed by atoms with Crippen molar-refractivity contribution < 1.29 is 9.53 Å². The van der Waals surface area contributed by atoms with Gasteiger partial charge in [0.1, 0.15) is 5.03 Å². The Morgan fingerprint density at radius 3 is 2.55 bits per heavy atom. The van der Waals surface area contributed by atoms with Crippen LogP contribution in [0.2, 0.25) is 0 Å². The Labute approximate surface area is 121 Å². The Hall–Kier alpha value is -2.21. The molecule has 0 unspecified atom stereocenters. The number of rotatable bonds is 4. The van der Waals surface area contributed by atoms with Crippen LogP contribution in [-0.2, 0) is 4.79 Å². The lowest BCUT2D eigenvalue weighted by molar-refractivity contribution is -0.114. The molecule has 5 nitrogen and oxygen atoms in total. The molecule has 0 spiro atoms. The zero-order valence-corrected chi connectivity index (χ0v) is 12.0. The molecule has 1 amide bonds. The molecule has 2 rings (SSSR count). The van der Waals surface area contributed by atoms with Gasteiger partial charge in [-0.1, -0.05) is 11.8 Å². The normalized spacial score (nSPS) is 10.1. The Morgan fingerprint density at radius 1 is 1.25 bits per heavy atom. The van der Waals surface area contributed by atoms with Crippen LogP contribution < -0.4 is 15.8 Å². The molecule has 0 aliphatic heterocycles. The van der Waals surface area contributed by atoms with Crippen LogP contribution in [0.1, 0.15) is 6.92 Å². The number of hydrogen-bond donors (Lipinski definition) is 2. The number of ether oxygens (including phenoxy) is 1. The monoisotopic (exact) mass is 289 g/mol. The van der Waals surface area contributed by atoms with Crippen LogP contribution in [0.4, 0.5) is 11.4 Å². The molecule has 0 bridgehead atoms. The van der Waals surface area contributed by atoms with Crippen molar-refractivity contribution in [3.63, 3.8) is 0 Å². The second-order valence-corrected chi connectivity index (χ2v) is 5.12. The minimum absolute atomic E-state index is 0.0934. The summed E-state index contributed by atoms with van der Waals surface area (Å²) in [7, 11) is 1.56. The Kier molecular flexibility index (Phi) is 4.47. The lowest BCUT2D eigenvalue weighted by atomic mass is 10.3. The van der Waals surface area contributed by atoms with Crippen LogP contribution in [0.3, 0.4) is 0 Å². The van der Waals surface area contributed by atoms with E-state index in [-0.39, 0.29) is 5.91 Å². The van der Waals surface area contributed by atoms with E-state index in [9.17, 15) is 4.79 Å². The molecule has 0 saturated carbocycles. The maximum atomic E-state index is 10.9. The third-order valence-electron chi connectivity index (χ3n) is 2.46. The van der Waals surface area contributed by atoms with Crippen molar-refractivity contribution in [1.82, 2.24) is 4.98 Å². The summed E-state index contributed by atoms with van der Waals surface area (Å²) in [5.74, 6) is 0.431. The highest BCUT2D eigenvalue weighted by molar-refractivity contribution is 7.99. The molecule has 104 valence electrons. The summed E-state index contributed by atoms with van der Waals surface area (Å²) in [6.45, 7) is 1.48. The minimum atomic E-state index is -0.0934. The fourth-order valence-electron chi connectivity index (χ4n) is 1.55. The Balaban J connectivity index is 2.15. The number of carbonyl (C=O) groups excluding carboxylic acids is 1. The molecule has 0 saturated heterocycles. The minimum Gasteiger partial charge on any atom is -0.481 e. The van der Waals surface area contributed by atoms with Gasteiger partial charge in [0.15, 0.2) is 0 Å². The number of nitrogens with one attached hydrogen (secondary N) is 1. The third-order valence-corrected chi connectivity index (χ3v) is 3.49. The van der Waals surface area contributed by atoms with Crippen LogP contribution in [-0.4, -0.2) is 18.0 Å². The fourth-order valence-corrected chi connectivity index (χ4v) is 2.37. The van der Waals surface area contributed by atoms with Crippen molar-refractivity contribution in [1.29, 1.82) is 0 Å². The zero-order valence-electron chi connectivity index (χ0n) is 11.2. The van der Waals surface area contributed by atoms with Crippen LogP contribution >= 0.6 is 11.8 Å². The van der Waals surface area contributed by atoms with E-state index in [2.05, 4.69) is 10.3 Å². The number of nitrogens with two attached hydrogens (primary N) is 1. The van der Waals surface area contributed by atoms with Crippen molar-refractivity contribution >= 4 is 29.0 Å². The van der Waals surface area contributed by atoms with Gasteiger partial charge in [-0.2, -0.15) is 0 Å². The molecular weight excluding hydrogens is 274 g/mol. The third kappa shape index (κ3) is 3.64. The molecule has 0 aliphatic rings. The van der Waals surface area contributed by atoms with Crippen molar-refractivity contribution in [2.45, 2.75) is 16.8 Å². The highest BCUT2D eigenvalue weighted by Crippen LogP contribution is 2.32. The summed E-state index contributed by atoms with van der Waals surface area (Å²) in [5.41, 5.74) is 7.25. The lowest BCUT2D eigenvalue weighted by Gasteiger charge is -2.07. The number of aromatic nitrogens is 1. The van der Waals surface area contributed by atoms with Crippen LogP contribution in [0.15, 0.2) is 46.3 Å². The van der Waals surface area contributed by atoms with Crippen LogP contribution in [0, 0.1) is 0 Å². The smallest absolute Gasteiger partial charge is 0.221 e. The van der Waals surface area contributed by atoms with E-state index in [1.165, 1.54) is 18.7 Å². The number of nitrogen functional groups attached to an aromatic ring is 1. The predicted octanol–water partition coefficient (Wildman–Crippen LogP) is 2.78. The van der Waals surface area contributed by atoms with Gasteiger partial charge in [0, 0.05) is 23.6 Å². The van der Waals surface area contributed by atoms with Gasteiger partial charge in [-0.25, -0.2) is 4.98 Å². The Bertz CT molecular complexity index is 614. The van der Waals surface area contributed by atoms with E-state index >= 15 is 0 Å². The van der Waals surface area contributed by atoms with Gasteiger partial charge in [-0.15, -0.1) is 0 Å². The predicted molar refractivity (Wildman–Crippen MR) is 80.1 cm³/mol. The van der Waals surface area contributed by atoms with Crippen LogP contribution in [0.25, 0.3) is 0 Å². The summed E-state index contributed by atoms with van der Waals surface area (Å²) < 4.78 is 5.08. The summed E-state index contributed by atoms with van der Waals surface area (Å²) in [5, 5.41) is 3.41. The SMILES string of the molecule is COc1ccc(N)c(Sc2ccc(NC(C)=O)cc2)n1. The average molecular weight is 289 g/mol. The molecule has 1 heterocycles. The molecule has 6 heteroatoms. The number of methoxy groups -OCH3 is 1. The van der Waals surface area contributed by atoms with Gasteiger partial charge in [0.25, 0.3) is 0 Å². The topological polar surface area (TPSA) is 77.2 Å². The highest BCUT2D eigenvalue weighted by Gasteiger charge is 2.06. The fraction of sp³-hybridized carbons (Fsp3) is 0.143. The molecule has 2 aromatic rings. The highest BCUT2D eigenvalue weighted by atomic mass is 32.2. The van der Waals surface area contributed by atoms with E-state index in [1.54, 1.807) is 19.2 Å². The number of benzene rings is 1. The van der Waals surface area contributed by atoms with E-state index in [0.29, 0.717) is 16.6 Å². The van der Waals surface area contributed by atoms with E-state index in [0.717, 1.165) is 10.6 Å². The van der Waals surface area contributed by atoms with Gasteiger partial charge >= 0.3 is 0 Å². The van der Waals surface area contributed by atoms with Crippen molar-refractivity contribution in [3.05, 3.63) is 36.4 Å². The molecule has 3 N–H and O–H groups in total. The molecule has 1 aromatic heterocycles. The van der Waals surface area contributed by atoms with Gasteiger partial charge in [-0.3, -0.25) is 4.79 Å². The summed E-state index contributed by atoms with van der Waals surface area (Å²) >= 11 is 1.44. The second kappa shape index (κ2) is 6.29. The van der Waals surface area contributed by atoms with Crippen molar-refractivity contribution in [2.24, 2.45) is 0 Å². The number of pyridine rings is 1. The summed E-state index contributed by atoms with van der Waals surface area (Å²) in [4.78, 5) is 16.2. The van der Waals surface area contributed by atoms with Crippen LogP contribution in [0.5, 0.6) is 5.88 Å². The molecule has 0 atom stereocenters.